The number of rotatable bonds is 0. The average molecular weight is 281 g/mol. The van der Waals surface area contributed by atoms with Crippen molar-refractivity contribution in [3.63, 3.8) is 0 Å². The molecule has 6 heteroatoms. The SMILES string of the molecule is Cc1nc(O)c2c(n1)N1CCN=C1C(Br)=C2. The fourth-order valence-corrected chi connectivity index (χ4v) is 2.50. The molecule has 3 rings (SSSR count). The highest BCUT2D eigenvalue weighted by molar-refractivity contribution is 9.12. The van der Waals surface area contributed by atoms with E-state index in [1.54, 1.807) is 6.92 Å². The molecule has 82 valence electrons. The van der Waals surface area contributed by atoms with Crippen LogP contribution in [0.2, 0.25) is 0 Å². The Morgan fingerprint density at radius 3 is 3.06 bits per heavy atom. The van der Waals surface area contributed by atoms with E-state index in [9.17, 15) is 5.11 Å². The van der Waals surface area contributed by atoms with Gasteiger partial charge in [0.05, 0.1) is 16.6 Å². The summed E-state index contributed by atoms with van der Waals surface area (Å²) in [5.74, 6) is 2.20. The molecule has 1 aromatic heterocycles. The van der Waals surface area contributed by atoms with Gasteiger partial charge in [0.2, 0.25) is 5.88 Å². The van der Waals surface area contributed by atoms with E-state index in [1.807, 2.05) is 11.0 Å². The fraction of sp³-hybridized carbons (Fsp3) is 0.300. The first kappa shape index (κ1) is 9.77. The van der Waals surface area contributed by atoms with Crippen molar-refractivity contribution in [2.75, 3.05) is 18.0 Å². The van der Waals surface area contributed by atoms with Crippen LogP contribution in [0.1, 0.15) is 11.4 Å². The van der Waals surface area contributed by atoms with Gasteiger partial charge in [0.25, 0.3) is 0 Å². The summed E-state index contributed by atoms with van der Waals surface area (Å²) in [5.41, 5.74) is 0.651. The molecule has 0 saturated heterocycles. The minimum absolute atomic E-state index is 0.0189. The van der Waals surface area contributed by atoms with Crippen LogP contribution >= 0.6 is 15.9 Å². The second-order valence-corrected chi connectivity index (χ2v) is 4.54. The molecule has 2 aliphatic rings. The molecule has 1 N–H and O–H groups in total. The van der Waals surface area contributed by atoms with Crippen molar-refractivity contribution < 1.29 is 5.11 Å². The molecule has 5 nitrogen and oxygen atoms in total. The zero-order valence-corrected chi connectivity index (χ0v) is 10.2. The number of fused-ring (bicyclic) bond motifs is 3. The zero-order chi connectivity index (χ0) is 11.3. The molecule has 0 saturated carbocycles. The summed E-state index contributed by atoms with van der Waals surface area (Å²) in [6, 6.07) is 0. The highest BCUT2D eigenvalue weighted by Crippen LogP contribution is 2.36. The van der Waals surface area contributed by atoms with Crippen molar-refractivity contribution in [1.82, 2.24) is 9.97 Å². The molecule has 0 aromatic carbocycles. The third kappa shape index (κ3) is 1.26. The fourth-order valence-electron chi connectivity index (χ4n) is 1.94. The predicted molar refractivity (Wildman–Crippen MR) is 65.0 cm³/mol. The van der Waals surface area contributed by atoms with Crippen molar-refractivity contribution in [3.05, 3.63) is 15.9 Å². The van der Waals surface area contributed by atoms with E-state index >= 15 is 0 Å². The van der Waals surface area contributed by atoms with Crippen LogP contribution in [0.15, 0.2) is 9.47 Å². The van der Waals surface area contributed by atoms with Gasteiger partial charge in [0.15, 0.2) is 0 Å². The van der Waals surface area contributed by atoms with Gasteiger partial charge >= 0.3 is 0 Å². The van der Waals surface area contributed by atoms with Crippen LogP contribution in [0, 0.1) is 6.92 Å². The Hall–Kier alpha value is -1.43. The van der Waals surface area contributed by atoms with Crippen molar-refractivity contribution in [1.29, 1.82) is 0 Å². The maximum absolute atomic E-state index is 9.79. The average Bonchev–Trinajstić information content (AvgIpc) is 2.69. The first-order valence-electron chi connectivity index (χ1n) is 4.94. The number of aromatic hydroxyl groups is 1. The molecule has 16 heavy (non-hydrogen) atoms. The van der Waals surface area contributed by atoms with Gasteiger partial charge in [-0.1, -0.05) is 0 Å². The number of aromatic nitrogens is 2. The van der Waals surface area contributed by atoms with E-state index < -0.39 is 0 Å². The number of aryl methyl sites for hydroxylation is 1. The van der Waals surface area contributed by atoms with Crippen LogP contribution in [0.5, 0.6) is 5.88 Å². The molecule has 0 atom stereocenters. The minimum Gasteiger partial charge on any atom is -0.493 e. The largest absolute Gasteiger partial charge is 0.493 e. The second-order valence-electron chi connectivity index (χ2n) is 3.68. The zero-order valence-electron chi connectivity index (χ0n) is 8.61. The van der Waals surface area contributed by atoms with Gasteiger partial charge in [0.1, 0.15) is 17.5 Å². The summed E-state index contributed by atoms with van der Waals surface area (Å²) in [4.78, 5) is 14.7. The molecular weight excluding hydrogens is 272 g/mol. The monoisotopic (exact) mass is 280 g/mol. The van der Waals surface area contributed by atoms with Gasteiger partial charge in [-0.2, -0.15) is 4.98 Å². The molecular formula is C10H9BrN4O. The Kier molecular flexibility index (Phi) is 2.00. The number of hydrogen-bond donors (Lipinski definition) is 1. The van der Waals surface area contributed by atoms with Crippen LogP contribution in [0.25, 0.3) is 6.08 Å². The lowest BCUT2D eigenvalue weighted by atomic mass is 10.2. The Balaban J connectivity index is 2.28. The summed E-state index contributed by atoms with van der Waals surface area (Å²) in [7, 11) is 0. The van der Waals surface area contributed by atoms with Crippen LogP contribution in [-0.2, 0) is 0 Å². The molecule has 0 amide bonds. The van der Waals surface area contributed by atoms with Gasteiger partial charge < -0.3 is 10.0 Å². The summed E-state index contributed by atoms with van der Waals surface area (Å²) in [6.07, 6.45) is 1.81. The highest BCUT2D eigenvalue weighted by atomic mass is 79.9. The first-order chi connectivity index (χ1) is 7.66. The van der Waals surface area contributed by atoms with Crippen LogP contribution < -0.4 is 4.90 Å². The van der Waals surface area contributed by atoms with Gasteiger partial charge in [-0.25, -0.2) is 4.98 Å². The smallest absolute Gasteiger partial charge is 0.223 e. The standard InChI is InChI=1S/C10H9BrN4O/c1-5-13-8-6(10(16)14-5)4-7(11)9-12-2-3-15(8)9/h4H,2-3H2,1H3,(H,13,14,16). The highest BCUT2D eigenvalue weighted by Gasteiger charge is 2.30. The first-order valence-corrected chi connectivity index (χ1v) is 5.73. The third-order valence-corrected chi connectivity index (χ3v) is 3.18. The minimum atomic E-state index is 0.0189. The van der Waals surface area contributed by atoms with Gasteiger partial charge in [-0.3, -0.25) is 4.99 Å². The number of anilines is 1. The maximum Gasteiger partial charge on any atom is 0.223 e. The molecule has 0 radical (unpaired) electrons. The summed E-state index contributed by atoms with van der Waals surface area (Å²) in [5, 5.41) is 9.79. The van der Waals surface area contributed by atoms with Gasteiger partial charge in [0, 0.05) is 6.54 Å². The van der Waals surface area contributed by atoms with E-state index in [-0.39, 0.29) is 5.88 Å². The van der Waals surface area contributed by atoms with Gasteiger partial charge in [-0.15, -0.1) is 0 Å². The molecule has 0 unspecified atom stereocenters. The third-order valence-electron chi connectivity index (χ3n) is 2.60. The van der Waals surface area contributed by atoms with E-state index in [2.05, 4.69) is 30.9 Å². The van der Waals surface area contributed by atoms with Crippen LogP contribution in [-0.4, -0.2) is 34.0 Å². The second kappa shape index (κ2) is 3.28. The maximum atomic E-state index is 9.79. The summed E-state index contributed by atoms with van der Waals surface area (Å²) in [6.45, 7) is 3.31. The van der Waals surface area contributed by atoms with E-state index in [0.29, 0.717) is 11.4 Å². The molecule has 0 spiro atoms. The number of hydrogen-bond acceptors (Lipinski definition) is 5. The Morgan fingerprint density at radius 1 is 1.44 bits per heavy atom. The molecule has 3 heterocycles. The van der Waals surface area contributed by atoms with Crippen LogP contribution in [0.4, 0.5) is 5.82 Å². The Bertz CT molecular complexity index is 538. The van der Waals surface area contributed by atoms with E-state index in [4.69, 9.17) is 0 Å². The summed E-state index contributed by atoms with van der Waals surface area (Å²) >= 11 is 3.44. The lowest BCUT2D eigenvalue weighted by Gasteiger charge is -2.25. The van der Waals surface area contributed by atoms with Crippen molar-refractivity contribution in [2.24, 2.45) is 4.99 Å². The lowest BCUT2D eigenvalue weighted by molar-refractivity contribution is 0.449. The van der Waals surface area contributed by atoms with E-state index in [1.165, 1.54) is 0 Å². The lowest BCUT2D eigenvalue weighted by Crippen LogP contribution is -2.31. The Morgan fingerprint density at radius 2 is 2.25 bits per heavy atom. The molecule has 1 aromatic rings. The normalized spacial score (nSPS) is 17.8. The summed E-state index contributed by atoms with van der Waals surface area (Å²) < 4.78 is 0.861. The van der Waals surface area contributed by atoms with Crippen molar-refractivity contribution in [3.8, 4) is 5.88 Å². The molecule has 0 bridgehead atoms. The Labute approximate surface area is 101 Å². The van der Waals surface area contributed by atoms with Crippen molar-refractivity contribution >= 4 is 33.7 Å². The quantitative estimate of drug-likeness (QED) is 0.782. The topological polar surface area (TPSA) is 61.6 Å². The van der Waals surface area contributed by atoms with Crippen LogP contribution in [0.3, 0.4) is 0 Å². The number of aliphatic imine (C=N–C) groups is 1. The number of halogens is 1. The molecule has 0 fully saturated rings. The molecule has 0 aliphatic carbocycles. The predicted octanol–water partition coefficient (Wildman–Crippen LogP) is 1.46. The van der Waals surface area contributed by atoms with Gasteiger partial charge in [-0.05, 0) is 28.9 Å². The number of amidine groups is 1. The van der Waals surface area contributed by atoms with E-state index in [0.717, 1.165) is 29.2 Å². The van der Waals surface area contributed by atoms with Crippen molar-refractivity contribution in [2.45, 2.75) is 6.92 Å². The number of nitrogens with zero attached hydrogens (tertiary/aromatic N) is 4. The molecule has 2 aliphatic heterocycles.